The van der Waals surface area contributed by atoms with Gasteiger partial charge in [-0.05, 0) is 45.6 Å². The summed E-state index contributed by atoms with van der Waals surface area (Å²) in [7, 11) is 1.92. The van der Waals surface area contributed by atoms with Crippen LogP contribution in [0.3, 0.4) is 0 Å². The second kappa shape index (κ2) is 6.47. The van der Waals surface area contributed by atoms with Gasteiger partial charge in [-0.2, -0.15) is 5.10 Å². The van der Waals surface area contributed by atoms with Gasteiger partial charge in [0.15, 0.2) is 0 Å². The summed E-state index contributed by atoms with van der Waals surface area (Å²) in [4.78, 5) is 11.9. The van der Waals surface area contributed by atoms with Gasteiger partial charge < -0.3 is 15.4 Å². The van der Waals surface area contributed by atoms with Crippen molar-refractivity contribution in [3.63, 3.8) is 0 Å². The van der Waals surface area contributed by atoms with E-state index >= 15 is 0 Å². The van der Waals surface area contributed by atoms with Crippen molar-refractivity contribution >= 4 is 6.09 Å². The van der Waals surface area contributed by atoms with Gasteiger partial charge in [0.1, 0.15) is 5.60 Å². The maximum atomic E-state index is 11.9. The maximum Gasteiger partial charge on any atom is 0.407 e. The zero-order valence-corrected chi connectivity index (χ0v) is 13.3. The van der Waals surface area contributed by atoms with Crippen LogP contribution in [0.25, 0.3) is 0 Å². The van der Waals surface area contributed by atoms with E-state index in [1.165, 1.54) is 12.8 Å². The lowest BCUT2D eigenvalue weighted by atomic mass is 10.2. The summed E-state index contributed by atoms with van der Waals surface area (Å²) in [6, 6.07) is 2.12. The van der Waals surface area contributed by atoms with Crippen molar-refractivity contribution in [3.8, 4) is 0 Å². The van der Waals surface area contributed by atoms with Crippen molar-refractivity contribution in [2.24, 2.45) is 13.0 Å². The number of hydrogen-bond acceptors (Lipinski definition) is 4. The van der Waals surface area contributed by atoms with Gasteiger partial charge in [-0.3, -0.25) is 4.68 Å². The van der Waals surface area contributed by atoms with Crippen LogP contribution >= 0.6 is 0 Å². The molecule has 118 valence electrons. The van der Waals surface area contributed by atoms with Crippen molar-refractivity contribution in [3.05, 3.63) is 18.0 Å². The van der Waals surface area contributed by atoms with Crippen LogP contribution in [0.5, 0.6) is 0 Å². The first-order valence-corrected chi connectivity index (χ1v) is 7.52. The van der Waals surface area contributed by atoms with E-state index in [-0.39, 0.29) is 12.1 Å². The van der Waals surface area contributed by atoms with E-state index in [0.29, 0.717) is 5.92 Å². The van der Waals surface area contributed by atoms with E-state index in [4.69, 9.17) is 4.74 Å². The van der Waals surface area contributed by atoms with Crippen molar-refractivity contribution in [1.82, 2.24) is 20.4 Å². The highest BCUT2D eigenvalue weighted by Crippen LogP contribution is 2.32. The number of carbonyl (C=O) groups excluding carboxylic acids is 1. The van der Waals surface area contributed by atoms with Crippen LogP contribution in [0.2, 0.25) is 0 Å². The number of nitrogens with zero attached hydrogens (tertiary/aromatic N) is 2. The molecule has 0 spiro atoms. The fraction of sp³-hybridized carbons (Fsp3) is 0.733. The smallest absolute Gasteiger partial charge is 0.407 e. The van der Waals surface area contributed by atoms with Gasteiger partial charge in [0, 0.05) is 32.4 Å². The summed E-state index contributed by atoms with van der Waals surface area (Å²) in [5.41, 5.74) is 0.669. The zero-order chi connectivity index (χ0) is 15.5. The van der Waals surface area contributed by atoms with Crippen LogP contribution in [-0.4, -0.2) is 34.1 Å². The topological polar surface area (TPSA) is 68.2 Å². The summed E-state index contributed by atoms with van der Waals surface area (Å²) in [6.45, 7) is 7.11. The average molecular weight is 294 g/mol. The predicted molar refractivity (Wildman–Crippen MR) is 80.8 cm³/mol. The Bertz CT molecular complexity index is 474. The standard InChI is InChI=1S/C15H26N4O2/c1-15(2,3)21-14(20)18-13(11-5-6-11)10-16-9-12-7-8-17-19(12)4/h7-8,11,13,16H,5-6,9-10H2,1-4H3,(H,18,20). The molecule has 1 aromatic heterocycles. The molecule has 1 fully saturated rings. The summed E-state index contributed by atoms with van der Waals surface area (Å²) in [5, 5.41) is 10.5. The lowest BCUT2D eigenvalue weighted by molar-refractivity contribution is 0.0497. The molecule has 2 rings (SSSR count). The second-order valence-electron chi connectivity index (χ2n) is 6.67. The van der Waals surface area contributed by atoms with E-state index in [0.717, 1.165) is 18.8 Å². The number of aromatic nitrogens is 2. The van der Waals surface area contributed by atoms with E-state index in [9.17, 15) is 4.79 Å². The minimum absolute atomic E-state index is 0.132. The van der Waals surface area contributed by atoms with Crippen LogP contribution in [0, 0.1) is 5.92 Å². The zero-order valence-electron chi connectivity index (χ0n) is 13.3. The van der Waals surface area contributed by atoms with Gasteiger partial charge in [-0.15, -0.1) is 0 Å². The molecule has 1 atom stereocenters. The van der Waals surface area contributed by atoms with Crippen molar-refractivity contribution in [2.75, 3.05) is 6.54 Å². The second-order valence-corrected chi connectivity index (χ2v) is 6.67. The first-order valence-electron chi connectivity index (χ1n) is 7.52. The lowest BCUT2D eigenvalue weighted by Gasteiger charge is -2.24. The van der Waals surface area contributed by atoms with Crippen molar-refractivity contribution in [2.45, 2.75) is 51.8 Å². The lowest BCUT2D eigenvalue weighted by Crippen LogP contribution is -2.45. The normalized spacial score (nSPS) is 16.6. The Morgan fingerprint density at radius 2 is 2.24 bits per heavy atom. The molecule has 1 aliphatic carbocycles. The molecule has 0 aliphatic heterocycles. The van der Waals surface area contributed by atoms with Gasteiger partial charge >= 0.3 is 6.09 Å². The molecule has 1 amide bonds. The number of nitrogens with one attached hydrogen (secondary N) is 2. The monoisotopic (exact) mass is 294 g/mol. The molecule has 6 heteroatoms. The van der Waals surface area contributed by atoms with E-state index < -0.39 is 5.60 Å². The molecule has 21 heavy (non-hydrogen) atoms. The van der Waals surface area contributed by atoms with Gasteiger partial charge in [-0.1, -0.05) is 0 Å². The molecule has 1 aliphatic rings. The third-order valence-electron chi connectivity index (χ3n) is 3.49. The molecule has 1 aromatic rings. The Morgan fingerprint density at radius 1 is 1.52 bits per heavy atom. The van der Waals surface area contributed by atoms with E-state index in [1.54, 1.807) is 6.20 Å². The maximum absolute atomic E-state index is 11.9. The highest BCUT2D eigenvalue weighted by atomic mass is 16.6. The van der Waals surface area contributed by atoms with Crippen LogP contribution < -0.4 is 10.6 Å². The fourth-order valence-corrected chi connectivity index (χ4v) is 2.22. The molecule has 1 saturated carbocycles. The van der Waals surface area contributed by atoms with Gasteiger partial charge in [0.25, 0.3) is 0 Å². The number of alkyl carbamates (subject to hydrolysis) is 1. The molecule has 0 radical (unpaired) electrons. The number of ether oxygens (including phenoxy) is 1. The predicted octanol–water partition coefficient (Wildman–Crippen LogP) is 1.81. The summed E-state index contributed by atoms with van der Waals surface area (Å²) in [5.74, 6) is 0.566. The van der Waals surface area contributed by atoms with Gasteiger partial charge in [-0.25, -0.2) is 4.79 Å². The van der Waals surface area contributed by atoms with Gasteiger partial charge in [0.05, 0.1) is 5.69 Å². The molecular weight excluding hydrogens is 268 g/mol. The number of hydrogen-bond donors (Lipinski definition) is 2. The number of aryl methyl sites for hydroxylation is 1. The number of amides is 1. The fourth-order valence-electron chi connectivity index (χ4n) is 2.22. The van der Waals surface area contributed by atoms with Crippen molar-refractivity contribution < 1.29 is 9.53 Å². The van der Waals surface area contributed by atoms with E-state index in [1.807, 2.05) is 38.6 Å². The Morgan fingerprint density at radius 3 is 2.76 bits per heavy atom. The Hall–Kier alpha value is -1.56. The summed E-state index contributed by atoms with van der Waals surface area (Å²) in [6.07, 6.45) is 3.80. The van der Waals surface area contributed by atoms with Crippen LogP contribution in [-0.2, 0) is 18.3 Å². The van der Waals surface area contributed by atoms with Crippen LogP contribution in [0.4, 0.5) is 4.79 Å². The van der Waals surface area contributed by atoms with Crippen LogP contribution in [0.1, 0.15) is 39.3 Å². The number of rotatable bonds is 6. The molecule has 0 aromatic carbocycles. The highest BCUT2D eigenvalue weighted by molar-refractivity contribution is 5.68. The summed E-state index contributed by atoms with van der Waals surface area (Å²) >= 11 is 0. The SMILES string of the molecule is Cn1nccc1CNCC(NC(=O)OC(C)(C)C)C1CC1. The Kier molecular flexibility index (Phi) is 4.88. The molecule has 6 nitrogen and oxygen atoms in total. The minimum Gasteiger partial charge on any atom is -0.444 e. The Labute approximate surface area is 126 Å². The minimum atomic E-state index is -0.458. The largest absolute Gasteiger partial charge is 0.444 e. The molecule has 1 unspecified atom stereocenters. The molecule has 0 saturated heterocycles. The molecule has 2 N–H and O–H groups in total. The first-order chi connectivity index (χ1) is 9.85. The Balaban J connectivity index is 1.77. The molecular formula is C15H26N4O2. The molecule has 0 bridgehead atoms. The first kappa shape index (κ1) is 15.8. The average Bonchev–Trinajstić information content (AvgIpc) is 3.11. The van der Waals surface area contributed by atoms with Crippen LogP contribution in [0.15, 0.2) is 12.3 Å². The van der Waals surface area contributed by atoms with E-state index in [2.05, 4.69) is 15.7 Å². The van der Waals surface area contributed by atoms with Gasteiger partial charge in [0.2, 0.25) is 0 Å². The quantitative estimate of drug-likeness (QED) is 0.839. The third-order valence-corrected chi connectivity index (χ3v) is 3.49. The molecule has 1 heterocycles. The number of carbonyl (C=O) groups is 1. The van der Waals surface area contributed by atoms with Crippen molar-refractivity contribution in [1.29, 1.82) is 0 Å². The summed E-state index contributed by atoms with van der Waals surface area (Å²) < 4.78 is 7.17. The third kappa shape index (κ3) is 5.38. The highest BCUT2D eigenvalue weighted by Gasteiger charge is 2.33.